The van der Waals surface area contributed by atoms with Gasteiger partial charge in [-0.05, 0) is 18.1 Å². The molecular weight excluding hydrogens is 343 g/mol. The van der Waals surface area contributed by atoms with E-state index < -0.39 is 0 Å². The molecule has 2 rings (SSSR count). The van der Waals surface area contributed by atoms with Crippen molar-refractivity contribution in [3.05, 3.63) is 39.0 Å². The largest absolute Gasteiger partial charge is 0.369 e. The highest BCUT2D eigenvalue weighted by molar-refractivity contribution is 6.48. The molecule has 1 aromatic carbocycles. The highest BCUT2D eigenvalue weighted by Crippen LogP contribution is 2.36. The van der Waals surface area contributed by atoms with Crippen molar-refractivity contribution < 1.29 is 0 Å². The number of aromatic nitrogens is 2. The maximum Gasteiger partial charge on any atom is 0.147 e. The molecule has 1 unspecified atom stereocenters. The number of hydrogen-bond acceptors (Lipinski definition) is 3. The molecule has 0 spiro atoms. The minimum Gasteiger partial charge on any atom is -0.369 e. The number of hydrogen-bond donors (Lipinski definition) is 1. The van der Waals surface area contributed by atoms with Crippen LogP contribution in [0.1, 0.15) is 25.8 Å². The monoisotopic (exact) mass is 356 g/mol. The summed E-state index contributed by atoms with van der Waals surface area (Å²) in [5.74, 6) is 1.07. The average molecular weight is 358 g/mol. The standard InChI is InChI=1S/C15H15Cl3N4/c1-3-9(2)7-20-15-10(6-19)8-21-22(15)12-5-4-11(16)13(17)14(12)18/h4-5,8-9,20H,3,7H2,1-2H3. The molecule has 2 aromatic rings. The second-order valence-corrected chi connectivity index (χ2v) is 6.18. The summed E-state index contributed by atoms with van der Waals surface area (Å²) in [7, 11) is 0. The van der Waals surface area contributed by atoms with Crippen LogP contribution in [0.2, 0.25) is 15.1 Å². The van der Waals surface area contributed by atoms with Crippen molar-refractivity contribution in [3.63, 3.8) is 0 Å². The predicted octanol–water partition coefficient (Wildman–Crippen LogP) is 5.16. The second-order valence-electron chi connectivity index (χ2n) is 5.02. The number of benzene rings is 1. The van der Waals surface area contributed by atoms with Crippen molar-refractivity contribution in [2.45, 2.75) is 20.3 Å². The molecule has 1 atom stereocenters. The van der Waals surface area contributed by atoms with E-state index in [0.29, 0.717) is 33.0 Å². The molecule has 0 saturated carbocycles. The third kappa shape index (κ3) is 3.33. The molecule has 0 amide bonds. The van der Waals surface area contributed by atoms with Crippen LogP contribution in [0.5, 0.6) is 0 Å². The fourth-order valence-corrected chi connectivity index (χ4v) is 2.49. The lowest BCUT2D eigenvalue weighted by Gasteiger charge is -2.15. The Kier molecular flexibility index (Phi) is 5.57. The molecule has 7 heteroatoms. The molecule has 22 heavy (non-hydrogen) atoms. The maximum absolute atomic E-state index is 9.25. The van der Waals surface area contributed by atoms with Gasteiger partial charge in [0.15, 0.2) is 0 Å². The molecule has 0 radical (unpaired) electrons. The van der Waals surface area contributed by atoms with Gasteiger partial charge in [-0.25, -0.2) is 4.68 Å². The first kappa shape index (κ1) is 17.0. The quantitative estimate of drug-likeness (QED) is 0.752. The van der Waals surface area contributed by atoms with Crippen LogP contribution >= 0.6 is 34.8 Å². The van der Waals surface area contributed by atoms with Crippen LogP contribution in [0.4, 0.5) is 5.82 Å². The minimum atomic E-state index is 0.266. The van der Waals surface area contributed by atoms with Gasteiger partial charge in [0.05, 0.1) is 27.0 Å². The Hall–Kier alpha value is -1.41. The molecule has 1 aromatic heterocycles. The number of anilines is 1. The summed E-state index contributed by atoms with van der Waals surface area (Å²) in [4.78, 5) is 0. The highest BCUT2D eigenvalue weighted by Gasteiger charge is 2.17. The first-order valence-corrected chi connectivity index (χ1v) is 7.98. The summed E-state index contributed by atoms with van der Waals surface area (Å²) in [6.07, 6.45) is 2.54. The van der Waals surface area contributed by atoms with Gasteiger partial charge < -0.3 is 5.32 Å². The van der Waals surface area contributed by atoms with E-state index in [2.05, 4.69) is 30.3 Å². The topological polar surface area (TPSA) is 53.6 Å². The van der Waals surface area contributed by atoms with Gasteiger partial charge in [0.2, 0.25) is 0 Å². The van der Waals surface area contributed by atoms with E-state index in [1.54, 1.807) is 16.8 Å². The summed E-state index contributed by atoms with van der Waals surface area (Å²) >= 11 is 18.3. The number of rotatable bonds is 5. The van der Waals surface area contributed by atoms with Crippen LogP contribution in [0.15, 0.2) is 18.3 Å². The van der Waals surface area contributed by atoms with Crippen molar-refractivity contribution in [1.29, 1.82) is 5.26 Å². The first-order chi connectivity index (χ1) is 10.5. The van der Waals surface area contributed by atoms with Crippen molar-refractivity contribution in [2.24, 2.45) is 5.92 Å². The van der Waals surface area contributed by atoms with Crippen LogP contribution in [-0.2, 0) is 0 Å². The maximum atomic E-state index is 9.25. The summed E-state index contributed by atoms with van der Waals surface area (Å²) in [6.45, 7) is 4.98. The van der Waals surface area contributed by atoms with E-state index in [1.165, 1.54) is 6.20 Å². The molecule has 0 aliphatic carbocycles. The number of halogens is 3. The van der Waals surface area contributed by atoms with Crippen LogP contribution in [0.25, 0.3) is 5.69 Å². The molecule has 1 N–H and O–H groups in total. The third-order valence-corrected chi connectivity index (χ3v) is 4.73. The number of nitrogens with one attached hydrogen (secondary N) is 1. The zero-order valence-corrected chi connectivity index (χ0v) is 14.5. The van der Waals surface area contributed by atoms with E-state index in [4.69, 9.17) is 34.8 Å². The van der Waals surface area contributed by atoms with Gasteiger partial charge in [-0.15, -0.1) is 0 Å². The van der Waals surface area contributed by atoms with Crippen LogP contribution < -0.4 is 5.32 Å². The van der Waals surface area contributed by atoms with Gasteiger partial charge in [-0.3, -0.25) is 0 Å². The Balaban J connectivity index is 2.46. The molecule has 0 saturated heterocycles. The Labute approximate surface area is 144 Å². The van der Waals surface area contributed by atoms with Crippen LogP contribution in [-0.4, -0.2) is 16.3 Å². The third-order valence-electron chi connectivity index (χ3n) is 3.45. The summed E-state index contributed by atoms with van der Waals surface area (Å²) < 4.78 is 1.57. The zero-order valence-electron chi connectivity index (χ0n) is 12.2. The Bertz CT molecular complexity index is 718. The van der Waals surface area contributed by atoms with E-state index in [9.17, 15) is 5.26 Å². The zero-order chi connectivity index (χ0) is 16.3. The molecule has 4 nitrogen and oxygen atoms in total. The van der Waals surface area contributed by atoms with Crippen molar-refractivity contribution in [3.8, 4) is 11.8 Å². The Morgan fingerprint density at radius 1 is 1.32 bits per heavy atom. The van der Waals surface area contributed by atoms with E-state index in [-0.39, 0.29) is 5.02 Å². The SMILES string of the molecule is CCC(C)CNc1c(C#N)cnn1-c1ccc(Cl)c(Cl)c1Cl. The molecule has 1 heterocycles. The molecule has 0 bridgehead atoms. The normalized spacial score (nSPS) is 12.0. The smallest absolute Gasteiger partial charge is 0.147 e. The van der Waals surface area contributed by atoms with E-state index in [1.807, 2.05) is 0 Å². The summed E-state index contributed by atoms with van der Waals surface area (Å²) in [5.41, 5.74) is 1.02. The van der Waals surface area contributed by atoms with E-state index in [0.717, 1.165) is 13.0 Å². The molecular formula is C15H15Cl3N4. The average Bonchev–Trinajstić information content (AvgIpc) is 2.93. The van der Waals surface area contributed by atoms with Gasteiger partial charge in [-0.1, -0.05) is 55.1 Å². The first-order valence-electron chi connectivity index (χ1n) is 6.85. The minimum absolute atomic E-state index is 0.266. The van der Waals surface area contributed by atoms with Gasteiger partial charge >= 0.3 is 0 Å². The number of nitriles is 1. The second kappa shape index (κ2) is 7.23. The lowest BCUT2D eigenvalue weighted by atomic mass is 10.1. The van der Waals surface area contributed by atoms with Crippen molar-refractivity contribution in [2.75, 3.05) is 11.9 Å². The molecule has 0 aliphatic rings. The predicted molar refractivity (Wildman–Crippen MR) is 91.3 cm³/mol. The van der Waals surface area contributed by atoms with Crippen LogP contribution in [0, 0.1) is 17.2 Å². The fourth-order valence-electron chi connectivity index (χ4n) is 1.88. The van der Waals surface area contributed by atoms with Gasteiger partial charge in [0.1, 0.15) is 17.5 Å². The lowest BCUT2D eigenvalue weighted by Crippen LogP contribution is -2.14. The summed E-state index contributed by atoms with van der Waals surface area (Å²) in [5, 5.41) is 17.7. The van der Waals surface area contributed by atoms with Gasteiger partial charge in [-0.2, -0.15) is 10.4 Å². The van der Waals surface area contributed by atoms with Crippen LogP contribution in [0.3, 0.4) is 0 Å². The van der Waals surface area contributed by atoms with E-state index >= 15 is 0 Å². The fraction of sp³-hybridized carbons (Fsp3) is 0.333. The highest BCUT2D eigenvalue weighted by atomic mass is 35.5. The lowest BCUT2D eigenvalue weighted by molar-refractivity contribution is 0.591. The Morgan fingerprint density at radius 3 is 2.68 bits per heavy atom. The van der Waals surface area contributed by atoms with Crippen molar-refractivity contribution >= 4 is 40.6 Å². The summed E-state index contributed by atoms with van der Waals surface area (Å²) in [6, 6.07) is 5.50. The molecule has 116 valence electrons. The van der Waals surface area contributed by atoms with Gasteiger partial charge in [0, 0.05) is 6.54 Å². The van der Waals surface area contributed by atoms with Gasteiger partial charge in [0.25, 0.3) is 0 Å². The number of nitrogens with zero attached hydrogens (tertiary/aromatic N) is 3. The van der Waals surface area contributed by atoms with Crippen molar-refractivity contribution in [1.82, 2.24) is 9.78 Å². The molecule has 0 aliphatic heterocycles. The molecule has 0 fully saturated rings. The Morgan fingerprint density at radius 2 is 2.05 bits per heavy atom.